The summed E-state index contributed by atoms with van der Waals surface area (Å²) in [4.78, 5) is 14.1. The fraction of sp³-hybridized carbons (Fsp3) is 0.267. The minimum absolute atomic E-state index is 0.130. The van der Waals surface area contributed by atoms with Gasteiger partial charge in [-0.15, -0.1) is 0 Å². The van der Waals surface area contributed by atoms with Crippen LogP contribution >= 0.6 is 34.5 Å². The van der Waals surface area contributed by atoms with Gasteiger partial charge >= 0.3 is 6.03 Å². The molecule has 0 aliphatic carbocycles. The van der Waals surface area contributed by atoms with Crippen LogP contribution in [-0.2, 0) is 0 Å². The number of urea groups is 1. The molecular formula is C15H17Cl2N3OS. The number of hydrogen-bond acceptors (Lipinski definition) is 3. The van der Waals surface area contributed by atoms with Gasteiger partial charge in [-0.05, 0) is 54.7 Å². The topological polar surface area (TPSA) is 44.4 Å². The summed E-state index contributed by atoms with van der Waals surface area (Å²) in [6, 6.07) is 6.88. The lowest BCUT2D eigenvalue weighted by Crippen LogP contribution is -2.36. The Kier molecular flexibility index (Phi) is 6.08. The quantitative estimate of drug-likeness (QED) is 0.828. The number of hydrogen-bond donors (Lipinski definition) is 2. The molecule has 2 amide bonds. The number of rotatable bonds is 5. The summed E-state index contributed by atoms with van der Waals surface area (Å²) in [5.74, 6) is 0. The molecule has 1 unspecified atom stereocenters. The van der Waals surface area contributed by atoms with Crippen molar-refractivity contribution in [3.05, 3.63) is 50.6 Å². The minimum Gasteiger partial charge on any atom is -0.336 e. The molecule has 0 aliphatic rings. The third kappa shape index (κ3) is 4.61. The van der Waals surface area contributed by atoms with E-state index < -0.39 is 0 Å². The number of amides is 2. The number of nitrogens with one attached hydrogen (secondary N) is 2. The van der Waals surface area contributed by atoms with E-state index in [1.54, 1.807) is 29.5 Å². The van der Waals surface area contributed by atoms with E-state index in [0.717, 1.165) is 0 Å². The molecule has 7 heteroatoms. The molecule has 0 radical (unpaired) electrons. The molecule has 2 N–H and O–H groups in total. The second-order valence-corrected chi connectivity index (χ2v) is 6.59. The van der Waals surface area contributed by atoms with Crippen LogP contribution in [0.5, 0.6) is 0 Å². The van der Waals surface area contributed by atoms with Crippen LogP contribution in [0.25, 0.3) is 0 Å². The average Bonchev–Trinajstić information content (AvgIpc) is 2.97. The first kappa shape index (κ1) is 17.1. The van der Waals surface area contributed by atoms with Crippen LogP contribution in [-0.4, -0.2) is 31.6 Å². The van der Waals surface area contributed by atoms with Crippen molar-refractivity contribution < 1.29 is 4.79 Å². The van der Waals surface area contributed by atoms with Gasteiger partial charge in [0, 0.05) is 12.2 Å². The van der Waals surface area contributed by atoms with Crippen molar-refractivity contribution in [1.82, 2.24) is 10.2 Å². The predicted molar refractivity (Wildman–Crippen MR) is 94.2 cm³/mol. The Morgan fingerprint density at radius 1 is 1.27 bits per heavy atom. The molecule has 0 bridgehead atoms. The van der Waals surface area contributed by atoms with Crippen molar-refractivity contribution in [1.29, 1.82) is 0 Å². The van der Waals surface area contributed by atoms with Crippen LogP contribution in [0, 0.1) is 0 Å². The molecule has 2 rings (SSSR count). The molecule has 118 valence electrons. The standard InChI is InChI=1S/C15H17Cl2N3OS/c1-20(2)14(10-5-6-22-9-10)8-18-15(21)19-11-3-4-12(16)13(17)7-11/h3-7,9,14H,8H2,1-2H3,(H2,18,19,21). The lowest BCUT2D eigenvalue weighted by Gasteiger charge is -2.24. The first-order chi connectivity index (χ1) is 10.5. The van der Waals surface area contributed by atoms with Crippen LogP contribution in [0.1, 0.15) is 11.6 Å². The predicted octanol–water partition coefficient (Wildman–Crippen LogP) is 4.48. The monoisotopic (exact) mass is 357 g/mol. The van der Waals surface area contributed by atoms with E-state index in [2.05, 4.69) is 27.0 Å². The third-order valence-corrected chi connectivity index (χ3v) is 4.63. The van der Waals surface area contributed by atoms with E-state index in [-0.39, 0.29) is 12.1 Å². The first-order valence-corrected chi connectivity index (χ1v) is 8.35. The van der Waals surface area contributed by atoms with Crippen LogP contribution in [0.15, 0.2) is 35.0 Å². The lowest BCUT2D eigenvalue weighted by molar-refractivity contribution is 0.243. The number of nitrogens with zero attached hydrogens (tertiary/aromatic N) is 1. The Hall–Kier alpha value is -1.27. The fourth-order valence-electron chi connectivity index (χ4n) is 2.00. The molecule has 1 aromatic carbocycles. The van der Waals surface area contributed by atoms with Gasteiger partial charge in [0.25, 0.3) is 0 Å². The number of likely N-dealkylation sites (N-methyl/N-ethyl adjacent to an activating group) is 1. The highest BCUT2D eigenvalue weighted by molar-refractivity contribution is 7.07. The Balaban J connectivity index is 1.92. The van der Waals surface area contributed by atoms with Crippen molar-refractivity contribution >= 4 is 46.3 Å². The van der Waals surface area contributed by atoms with E-state index in [0.29, 0.717) is 22.3 Å². The molecule has 1 heterocycles. The molecule has 1 aromatic heterocycles. The fourth-order valence-corrected chi connectivity index (χ4v) is 3.01. The zero-order chi connectivity index (χ0) is 16.1. The molecule has 4 nitrogen and oxygen atoms in total. The van der Waals surface area contributed by atoms with Gasteiger partial charge in [0.15, 0.2) is 0 Å². The molecule has 0 saturated carbocycles. The van der Waals surface area contributed by atoms with E-state index in [1.807, 2.05) is 19.5 Å². The van der Waals surface area contributed by atoms with Gasteiger partial charge < -0.3 is 15.5 Å². The van der Waals surface area contributed by atoms with Crippen molar-refractivity contribution in [3.63, 3.8) is 0 Å². The van der Waals surface area contributed by atoms with Crippen molar-refractivity contribution in [2.24, 2.45) is 0 Å². The summed E-state index contributed by atoms with van der Waals surface area (Å²) >= 11 is 13.4. The normalized spacial score (nSPS) is 12.2. The van der Waals surface area contributed by atoms with Crippen LogP contribution in [0.3, 0.4) is 0 Å². The maximum absolute atomic E-state index is 12.0. The maximum atomic E-state index is 12.0. The largest absolute Gasteiger partial charge is 0.336 e. The Labute approximate surface area is 144 Å². The van der Waals surface area contributed by atoms with Gasteiger partial charge in [0.1, 0.15) is 0 Å². The summed E-state index contributed by atoms with van der Waals surface area (Å²) in [6.45, 7) is 0.511. The van der Waals surface area contributed by atoms with E-state index in [9.17, 15) is 4.79 Å². The zero-order valence-electron chi connectivity index (χ0n) is 12.3. The second-order valence-electron chi connectivity index (χ2n) is 5.00. The molecule has 22 heavy (non-hydrogen) atoms. The smallest absolute Gasteiger partial charge is 0.319 e. The van der Waals surface area contributed by atoms with Gasteiger partial charge in [0.05, 0.1) is 16.1 Å². The number of thiophene rings is 1. The zero-order valence-corrected chi connectivity index (χ0v) is 14.6. The summed E-state index contributed by atoms with van der Waals surface area (Å²) in [5, 5.41) is 10.6. The molecule has 0 saturated heterocycles. The highest BCUT2D eigenvalue weighted by Gasteiger charge is 2.15. The molecule has 0 fully saturated rings. The van der Waals surface area contributed by atoms with Crippen LogP contribution in [0.2, 0.25) is 10.0 Å². The van der Waals surface area contributed by atoms with E-state index in [4.69, 9.17) is 23.2 Å². The summed E-state index contributed by atoms with van der Waals surface area (Å²) in [6.07, 6.45) is 0. The van der Waals surface area contributed by atoms with Crippen LogP contribution < -0.4 is 10.6 Å². The molecule has 2 aromatic rings. The third-order valence-electron chi connectivity index (χ3n) is 3.18. The van der Waals surface area contributed by atoms with Gasteiger partial charge in [-0.25, -0.2) is 4.79 Å². The van der Waals surface area contributed by atoms with Gasteiger partial charge in [-0.1, -0.05) is 23.2 Å². The number of carbonyl (C=O) groups excluding carboxylic acids is 1. The van der Waals surface area contributed by atoms with Crippen molar-refractivity contribution in [3.8, 4) is 0 Å². The first-order valence-electron chi connectivity index (χ1n) is 6.66. The minimum atomic E-state index is -0.277. The number of carbonyl (C=O) groups is 1. The SMILES string of the molecule is CN(C)C(CNC(=O)Nc1ccc(Cl)c(Cl)c1)c1ccsc1. The summed E-state index contributed by atoms with van der Waals surface area (Å²) < 4.78 is 0. The highest BCUT2D eigenvalue weighted by Crippen LogP contribution is 2.25. The lowest BCUT2D eigenvalue weighted by atomic mass is 10.1. The summed E-state index contributed by atoms with van der Waals surface area (Å²) in [7, 11) is 3.97. The van der Waals surface area contributed by atoms with Gasteiger partial charge in [-0.2, -0.15) is 11.3 Å². The molecule has 0 spiro atoms. The van der Waals surface area contributed by atoms with E-state index >= 15 is 0 Å². The van der Waals surface area contributed by atoms with Crippen LogP contribution in [0.4, 0.5) is 10.5 Å². The van der Waals surface area contributed by atoms with Gasteiger partial charge in [0.2, 0.25) is 0 Å². The van der Waals surface area contributed by atoms with Crippen molar-refractivity contribution in [2.75, 3.05) is 26.0 Å². The molecular weight excluding hydrogens is 341 g/mol. The number of benzene rings is 1. The average molecular weight is 358 g/mol. The number of halogens is 2. The summed E-state index contributed by atoms with van der Waals surface area (Å²) in [5.41, 5.74) is 1.79. The van der Waals surface area contributed by atoms with Crippen molar-refractivity contribution in [2.45, 2.75) is 6.04 Å². The van der Waals surface area contributed by atoms with Gasteiger partial charge in [-0.3, -0.25) is 0 Å². The Morgan fingerprint density at radius 2 is 2.05 bits per heavy atom. The highest BCUT2D eigenvalue weighted by atomic mass is 35.5. The molecule has 1 atom stereocenters. The second kappa shape index (κ2) is 7.83. The Bertz CT molecular complexity index is 632. The molecule has 0 aliphatic heterocycles. The Morgan fingerprint density at radius 3 is 2.64 bits per heavy atom. The number of anilines is 1. The maximum Gasteiger partial charge on any atom is 0.319 e. The van der Waals surface area contributed by atoms with E-state index in [1.165, 1.54) is 5.56 Å².